The standard InChI is InChI=1S/Mg.H4OSi2.2H/c;1-3-2;;/h;3H,2H3;;/q+2;;2*-1. The Bertz CT molecular complexity index is 19.0. The van der Waals surface area contributed by atoms with E-state index in [1.807, 2.05) is 0 Å². The summed E-state index contributed by atoms with van der Waals surface area (Å²) in [6, 6.07) is 0. The van der Waals surface area contributed by atoms with Crippen molar-refractivity contribution in [2.45, 2.75) is 0 Å². The van der Waals surface area contributed by atoms with E-state index in [1.165, 1.54) is 0 Å². The Kier molecular flexibility index (Phi) is 20.0. The van der Waals surface area contributed by atoms with Crippen molar-refractivity contribution in [3.63, 3.8) is 0 Å². The van der Waals surface area contributed by atoms with Gasteiger partial charge in [-0.3, -0.25) is 0 Å². The van der Waals surface area contributed by atoms with Gasteiger partial charge in [-0.2, -0.15) is 0 Å². The SMILES string of the molecule is O=[SiH][SiH3].[H-].[H-].[Mg+2]. The molecular weight excluding hydrogens is 96.5 g/mol. The van der Waals surface area contributed by atoms with E-state index in [-0.39, 0.29) is 34.8 Å². The van der Waals surface area contributed by atoms with Crippen LogP contribution in [0, 0.1) is 0 Å². The number of rotatable bonds is 0. The monoisotopic (exact) mass is 102 g/mol. The zero-order chi connectivity index (χ0) is 2.71. The third-order valence-corrected chi connectivity index (χ3v) is 0. The van der Waals surface area contributed by atoms with Crippen LogP contribution in [0.2, 0.25) is 0 Å². The maximum atomic E-state index is 9.08. The van der Waals surface area contributed by atoms with Gasteiger partial charge in [-0.25, -0.2) is 0 Å². The van der Waals surface area contributed by atoms with Crippen LogP contribution in [0.3, 0.4) is 0 Å². The van der Waals surface area contributed by atoms with Crippen LogP contribution in [0.4, 0.5) is 0 Å². The van der Waals surface area contributed by atoms with Crippen molar-refractivity contribution in [2.24, 2.45) is 0 Å². The molecule has 0 heterocycles. The van der Waals surface area contributed by atoms with E-state index in [9.17, 15) is 0 Å². The summed E-state index contributed by atoms with van der Waals surface area (Å²) in [6.45, 7) is 0. The van der Waals surface area contributed by atoms with Crippen molar-refractivity contribution in [1.82, 2.24) is 0 Å². The minimum absolute atomic E-state index is 0. The fourth-order valence-electron chi connectivity index (χ4n) is 0. The van der Waals surface area contributed by atoms with Gasteiger partial charge in [0.1, 0.15) is 0 Å². The molecule has 0 spiro atoms. The van der Waals surface area contributed by atoms with Crippen LogP contribution < -0.4 is 0 Å². The van der Waals surface area contributed by atoms with E-state index in [4.69, 9.17) is 4.46 Å². The first-order valence-corrected chi connectivity index (χ1v) is 5.90. The van der Waals surface area contributed by atoms with Crippen molar-refractivity contribution < 1.29 is 7.32 Å². The predicted molar refractivity (Wildman–Crippen MR) is 25.8 cm³/mol. The van der Waals surface area contributed by atoms with E-state index >= 15 is 0 Å². The molecule has 0 rings (SSSR count). The van der Waals surface area contributed by atoms with Gasteiger partial charge in [-0.05, 0) is 0 Å². The van der Waals surface area contributed by atoms with Crippen LogP contribution in [-0.2, 0) is 4.46 Å². The quantitative estimate of drug-likeness (QED) is 0.320. The van der Waals surface area contributed by atoms with Crippen LogP contribution in [0.5, 0.6) is 0 Å². The molecule has 0 amide bonds. The van der Waals surface area contributed by atoms with Crippen LogP contribution >= 0.6 is 0 Å². The Labute approximate surface area is 49.4 Å². The molecule has 4 heavy (non-hydrogen) atoms. The second-order valence-electron chi connectivity index (χ2n) is 0.236. The first-order chi connectivity index (χ1) is 1.41. The second-order valence-corrected chi connectivity index (χ2v) is 2.12. The van der Waals surface area contributed by atoms with Crippen LogP contribution in [0.25, 0.3) is 0 Å². The Morgan fingerprint density at radius 3 is 2.00 bits per heavy atom. The molecule has 0 radical (unpaired) electrons. The summed E-state index contributed by atoms with van der Waals surface area (Å²) in [5.74, 6) is 0. The fraction of sp³-hybridized carbons (Fsp3) is 0. The Morgan fingerprint density at radius 1 is 2.00 bits per heavy atom. The maximum Gasteiger partial charge on any atom is 2.00 e. The van der Waals surface area contributed by atoms with Gasteiger partial charge >= 0.3 is 23.1 Å². The molecular formula is H6MgOSi2. The molecule has 0 saturated heterocycles. The zero-order valence-corrected chi connectivity index (χ0v) is 7.26. The first kappa shape index (κ1) is 8.89. The molecule has 0 unspecified atom stereocenters. The largest absolute Gasteiger partial charge is 2.00 e. The van der Waals surface area contributed by atoms with Crippen molar-refractivity contribution >= 4 is 41.7 Å². The molecule has 4 heteroatoms. The van der Waals surface area contributed by atoms with Gasteiger partial charge in [-0.15, -0.1) is 0 Å². The molecule has 0 fully saturated rings. The van der Waals surface area contributed by atoms with Crippen molar-refractivity contribution in [3.8, 4) is 0 Å². The van der Waals surface area contributed by atoms with Crippen LogP contribution in [0.15, 0.2) is 0 Å². The van der Waals surface area contributed by atoms with Gasteiger partial charge in [0.15, 0.2) is 0 Å². The smallest absolute Gasteiger partial charge is 1.00 e. The van der Waals surface area contributed by atoms with Gasteiger partial charge < -0.3 is 7.32 Å². The van der Waals surface area contributed by atoms with E-state index in [0.717, 1.165) is 9.76 Å². The van der Waals surface area contributed by atoms with Gasteiger partial charge in [0, 0.05) is 0 Å². The summed E-state index contributed by atoms with van der Waals surface area (Å²) in [5, 5.41) is 0. The van der Waals surface area contributed by atoms with Crippen molar-refractivity contribution in [3.05, 3.63) is 0 Å². The summed E-state index contributed by atoms with van der Waals surface area (Å²) in [4.78, 5) is 0. The van der Waals surface area contributed by atoms with Crippen LogP contribution in [-0.4, -0.2) is 41.7 Å². The van der Waals surface area contributed by atoms with Gasteiger partial charge in [-0.1, -0.05) is 0 Å². The van der Waals surface area contributed by atoms with E-state index < -0.39 is 0 Å². The Morgan fingerprint density at radius 2 is 2.00 bits per heavy atom. The summed E-state index contributed by atoms with van der Waals surface area (Å²) >= 11 is 0. The summed E-state index contributed by atoms with van der Waals surface area (Å²) in [5.41, 5.74) is 0. The zero-order valence-electron chi connectivity index (χ0n) is 4.69. The minimum atomic E-state index is -0.361. The Balaban J connectivity index is -0.00000000667. The molecule has 1 nitrogen and oxygen atoms in total. The van der Waals surface area contributed by atoms with Crippen LogP contribution in [0.1, 0.15) is 2.85 Å². The molecule has 0 aromatic rings. The average molecular weight is 103 g/mol. The molecule has 0 aromatic heterocycles. The molecule has 0 aliphatic carbocycles. The molecule has 0 aliphatic heterocycles. The van der Waals surface area contributed by atoms with E-state index in [2.05, 4.69) is 0 Å². The number of hydrogen-bond acceptors (Lipinski definition) is 1. The summed E-state index contributed by atoms with van der Waals surface area (Å²) < 4.78 is 9.08. The minimum Gasteiger partial charge on any atom is -1.00 e. The first-order valence-electron chi connectivity index (χ1n) is 0.813. The molecule has 0 aromatic carbocycles. The van der Waals surface area contributed by atoms with Crippen molar-refractivity contribution in [2.75, 3.05) is 0 Å². The molecule has 0 bridgehead atoms. The van der Waals surface area contributed by atoms with Gasteiger partial charge in [0.05, 0.1) is 9.76 Å². The topological polar surface area (TPSA) is 17.1 Å². The van der Waals surface area contributed by atoms with Gasteiger partial charge in [0.25, 0.3) is 0 Å². The molecule has 0 N–H and O–H groups in total. The fourth-order valence-corrected chi connectivity index (χ4v) is 0. The molecule has 0 aliphatic rings. The summed E-state index contributed by atoms with van der Waals surface area (Å²) in [6.07, 6.45) is 0. The van der Waals surface area contributed by atoms with Gasteiger partial charge in [0.2, 0.25) is 8.92 Å². The summed E-state index contributed by atoms with van der Waals surface area (Å²) in [7, 11) is 0.535. The van der Waals surface area contributed by atoms with E-state index in [0.29, 0.717) is 0 Å². The third-order valence-electron chi connectivity index (χ3n) is 0. The normalized spacial score (nSPS) is 4.00. The predicted octanol–water partition coefficient (Wildman–Crippen LogP) is -2.11. The average Bonchev–Trinajstić information content (AvgIpc) is 0.918. The third kappa shape index (κ3) is 12.0. The second kappa shape index (κ2) is 9.00. The van der Waals surface area contributed by atoms with Crippen molar-refractivity contribution in [1.29, 1.82) is 0 Å². The molecule has 0 saturated carbocycles. The molecule has 0 atom stereocenters. The van der Waals surface area contributed by atoms with E-state index in [1.54, 1.807) is 0 Å². The number of hydrogen-bond donors (Lipinski definition) is 0. The maximum absolute atomic E-state index is 9.08. The molecule has 22 valence electrons. The Hall–Kier alpha value is 1.00.